The zero-order chi connectivity index (χ0) is 16.1. The van der Waals surface area contributed by atoms with Crippen LogP contribution < -0.4 is 10.7 Å². The van der Waals surface area contributed by atoms with Gasteiger partial charge in [0.2, 0.25) is 0 Å². The van der Waals surface area contributed by atoms with Crippen LogP contribution in [0.3, 0.4) is 0 Å². The summed E-state index contributed by atoms with van der Waals surface area (Å²) in [6, 6.07) is 11.0. The number of hydrogen-bond donors (Lipinski definition) is 2. The van der Waals surface area contributed by atoms with E-state index in [0.717, 1.165) is 0 Å². The van der Waals surface area contributed by atoms with E-state index < -0.39 is 11.9 Å². The summed E-state index contributed by atoms with van der Waals surface area (Å²) in [6.45, 7) is 0. The van der Waals surface area contributed by atoms with Gasteiger partial charge in [-0.1, -0.05) is 11.6 Å². The van der Waals surface area contributed by atoms with Gasteiger partial charge >= 0.3 is 5.97 Å². The minimum Gasteiger partial charge on any atom is -0.733 e. The molecule has 1 amide bonds. The second kappa shape index (κ2) is 6.90. The molecule has 0 spiro atoms. The molecule has 22 heavy (non-hydrogen) atoms. The Kier molecular flexibility index (Phi) is 4.95. The first kappa shape index (κ1) is 15.8. The first-order valence-electron chi connectivity index (χ1n) is 6.00. The third kappa shape index (κ3) is 3.95. The predicted molar refractivity (Wildman–Crippen MR) is 78.4 cm³/mol. The number of nitrogens with one attached hydrogen (secondary N) is 1. The van der Waals surface area contributed by atoms with Crippen molar-refractivity contribution in [3.8, 4) is 0 Å². The van der Waals surface area contributed by atoms with Gasteiger partial charge in [0.05, 0.1) is 11.3 Å². The third-order valence-electron chi connectivity index (χ3n) is 2.67. The van der Waals surface area contributed by atoms with Gasteiger partial charge in [0.15, 0.2) is 0 Å². The quantitative estimate of drug-likeness (QED) is 0.842. The number of carbonyl (C=O) groups is 2. The molecule has 0 aromatic heterocycles. The van der Waals surface area contributed by atoms with E-state index >= 15 is 0 Å². The Hall–Kier alpha value is -2.61. The monoisotopic (exact) mass is 321 g/mol. The Bertz CT molecular complexity index is 671. The van der Waals surface area contributed by atoms with Crippen molar-refractivity contribution in [1.82, 2.24) is 5.48 Å². The SMILES string of the molecule is O=C(NOC(=O)c1ccc(N([O-])O)cc1)c1ccc(Cl)cc1. The molecular formula is C14H10ClN2O5-. The number of halogens is 1. The molecule has 8 heteroatoms. The largest absolute Gasteiger partial charge is 0.733 e. The van der Waals surface area contributed by atoms with E-state index in [4.69, 9.17) is 16.8 Å². The Morgan fingerprint density at radius 3 is 2.14 bits per heavy atom. The number of benzene rings is 2. The summed E-state index contributed by atoms with van der Waals surface area (Å²) in [7, 11) is 0. The van der Waals surface area contributed by atoms with Crippen molar-refractivity contribution in [2.45, 2.75) is 0 Å². The van der Waals surface area contributed by atoms with Crippen LogP contribution in [0.1, 0.15) is 20.7 Å². The van der Waals surface area contributed by atoms with E-state index in [1.807, 2.05) is 5.48 Å². The van der Waals surface area contributed by atoms with E-state index in [1.54, 1.807) is 0 Å². The molecule has 0 unspecified atom stereocenters. The lowest BCUT2D eigenvalue weighted by Gasteiger charge is -2.21. The van der Waals surface area contributed by atoms with Gasteiger partial charge < -0.3 is 15.3 Å². The standard InChI is InChI=1S/C14H10ClN2O5/c15-11-5-1-9(2-6-11)13(18)16-22-14(19)10-3-7-12(8-4-10)17(20)21/h1-8,20H,(H,16,18)/q-1. The highest BCUT2D eigenvalue weighted by Gasteiger charge is 2.11. The maximum absolute atomic E-state index is 11.7. The zero-order valence-electron chi connectivity index (χ0n) is 11.0. The molecule has 0 saturated carbocycles. The number of amides is 1. The second-order valence-electron chi connectivity index (χ2n) is 4.15. The average Bonchev–Trinajstić information content (AvgIpc) is 2.53. The molecule has 2 aromatic carbocycles. The zero-order valence-corrected chi connectivity index (χ0v) is 11.8. The smallest absolute Gasteiger partial charge is 0.362 e. The maximum atomic E-state index is 11.7. The highest BCUT2D eigenvalue weighted by Crippen LogP contribution is 2.13. The molecule has 0 heterocycles. The molecular weight excluding hydrogens is 312 g/mol. The summed E-state index contributed by atoms with van der Waals surface area (Å²) in [5.74, 6) is -1.42. The summed E-state index contributed by atoms with van der Waals surface area (Å²) >= 11 is 5.70. The average molecular weight is 322 g/mol. The molecule has 0 saturated heterocycles. The van der Waals surface area contributed by atoms with Gasteiger partial charge in [-0.15, -0.1) is 0 Å². The summed E-state index contributed by atoms with van der Waals surface area (Å²) in [5.41, 5.74) is 2.33. The third-order valence-corrected chi connectivity index (χ3v) is 2.92. The molecule has 0 aliphatic rings. The van der Waals surface area contributed by atoms with Gasteiger partial charge in [0.25, 0.3) is 5.91 Å². The van der Waals surface area contributed by atoms with E-state index in [0.29, 0.717) is 5.02 Å². The number of anilines is 1. The predicted octanol–water partition coefficient (Wildman–Crippen LogP) is 2.54. The fraction of sp³-hybridized carbons (Fsp3) is 0. The van der Waals surface area contributed by atoms with Crippen LogP contribution in [0.25, 0.3) is 0 Å². The second-order valence-corrected chi connectivity index (χ2v) is 4.58. The van der Waals surface area contributed by atoms with Crippen LogP contribution >= 0.6 is 11.6 Å². The Morgan fingerprint density at radius 2 is 1.59 bits per heavy atom. The topological polar surface area (TPSA) is 102 Å². The highest BCUT2D eigenvalue weighted by molar-refractivity contribution is 6.30. The van der Waals surface area contributed by atoms with Gasteiger partial charge in [-0.25, -0.2) is 4.79 Å². The van der Waals surface area contributed by atoms with E-state index in [2.05, 4.69) is 4.84 Å². The summed E-state index contributed by atoms with van der Waals surface area (Å²) in [6.07, 6.45) is 0. The number of hydrogen-bond acceptors (Lipinski definition) is 6. The van der Waals surface area contributed by atoms with Gasteiger partial charge in [-0.05, 0) is 48.5 Å². The number of hydroxylamine groups is 1. The molecule has 0 atom stereocenters. The Labute approximate surface area is 130 Å². The number of rotatable bonds is 3. The minimum atomic E-state index is -0.816. The Balaban J connectivity index is 1.94. The van der Waals surface area contributed by atoms with Gasteiger partial charge in [-0.3, -0.25) is 10.0 Å². The fourth-order valence-electron chi connectivity index (χ4n) is 1.54. The molecule has 2 rings (SSSR count). The van der Waals surface area contributed by atoms with Crippen molar-refractivity contribution in [2.75, 3.05) is 5.23 Å². The van der Waals surface area contributed by atoms with Crippen molar-refractivity contribution >= 4 is 29.2 Å². The number of carbonyl (C=O) groups excluding carboxylic acids is 2. The molecule has 0 aliphatic carbocycles. The molecule has 0 aliphatic heterocycles. The van der Waals surface area contributed by atoms with Gasteiger partial charge in [-0.2, -0.15) is 5.48 Å². The van der Waals surface area contributed by atoms with Crippen LogP contribution in [0.5, 0.6) is 0 Å². The lowest BCUT2D eigenvalue weighted by atomic mass is 10.2. The summed E-state index contributed by atoms with van der Waals surface area (Å²) < 4.78 is 0. The van der Waals surface area contributed by atoms with Crippen LogP contribution in [0.4, 0.5) is 5.69 Å². The van der Waals surface area contributed by atoms with Crippen molar-refractivity contribution in [1.29, 1.82) is 0 Å². The molecule has 7 nitrogen and oxygen atoms in total. The molecule has 0 radical (unpaired) electrons. The van der Waals surface area contributed by atoms with Crippen molar-refractivity contribution < 1.29 is 19.6 Å². The summed E-state index contributed by atoms with van der Waals surface area (Å²) in [4.78, 5) is 28.1. The fourth-order valence-corrected chi connectivity index (χ4v) is 1.66. The van der Waals surface area contributed by atoms with Crippen molar-refractivity contribution in [3.63, 3.8) is 0 Å². The van der Waals surface area contributed by atoms with Crippen LogP contribution in [-0.2, 0) is 4.84 Å². The molecule has 2 N–H and O–H groups in total. The van der Waals surface area contributed by atoms with Gasteiger partial charge in [0.1, 0.15) is 0 Å². The van der Waals surface area contributed by atoms with Crippen molar-refractivity contribution in [2.24, 2.45) is 0 Å². The normalized spacial score (nSPS) is 9.95. The molecule has 0 fully saturated rings. The highest BCUT2D eigenvalue weighted by atomic mass is 35.5. The number of nitrogens with zero attached hydrogens (tertiary/aromatic N) is 1. The van der Waals surface area contributed by atoms with Gasteiger partial charge in [0, 0.05) is 10.6 Å². The molecule has 2 aromatic rings. The first-order valence-corrected chi connectivity index (χ1v) is 6.38. The Morgan fingerprint density at radius 1 is 1.05 bits per heavy atom. The molecule has 0 bridgehead atoms. The maximum Gasteiger partial charge on any atom is 0.362 e. The van der Waals surface area contributed by atoms with Crippen LogP contribution in [0, 0.1) is 5.21 Å². The first-order chi connectivity index (χ1) is 10.5. The van der Waals surface area contributed by atoms with Crippen molar-refractivity contribution in [3.05, 3.63) is 69.9 Å². The van der Waals surface area contributed by atoms with E-state index in [-0.39, 0.29) is 22.0 Å². The lowest BCUT2D eigenvalue weighted by molar-refractivity contribution is 0.0230. The lowest BCUT2D eigenvalue weighted by Crippen LogP contribution is -2.27. The van der Waals surface area contributed by atoms with Crippen LogP contribution in [-0.4, -0.2) is 17.1 Å². The van der Waals surface area contributed by atoms with E-state index in [1.165, 1.54) is 48.5 Å². The van der Waals surface area contributed by atoms with E-state index in [9.17, 15) is 14.8 Å². The van der Waals surface area contributed by atoms with Crippen LogP contribution in [0.15, 0.2) is 48.5 Å². The molecule has 114 valence electrons. The summed E-state index contributed by atoms with van der Waals surface area (Å²) in [5, 5.41) is 19.4. The minimum absolute atomic E-state index is 0.0400. The van der Waals surface area contributed by atoms with Crippen LogP contribution in [0.2, 0.25) is 5.02 Å².